The van der Waals surface area contributed by atoms with Gasteiger partial charge in [0.1, 0.15) is 0 Å². The Morgan fingerprint density at radius 2 is 0.796 bits per heavy atom. The van der Waals surface area contributed by atoms with Crippen molar-refractivity contribution in [1.82, 2.24) is 0 Å². The van der Waals surface area contributed by atoms with Crippen LogP contribution < -0.4 is 0 Å². The van der Waals surface area contributed by atoms with Crippen LogP contribution in [0.15, 0.2) is 170 Å². The molecule has 0 aromatic heterocycles. The SMILES string of the molecule is CC1(C)c2ccc(-c3c4ccccc4c(-c4ccccc4-c4ccc5ccccc5c4)c4ccccc34)cc2-c2cc3ccccc3cc21. The van der Waals surface area contributed by atoms with E-state index in [2.05, 4.69) is 184 Å². The van der Waals surface area contributed by atoms with Crippen LogP contribution in [0.25, 0.3) is 87.6 Å². The molecule has 0 bridgehead atoms. The van der Waals surface area contributed by atoms with Crippen LogP contribution in [0.2, 0.25) is 0 Å². The second kappa shape index (κ2) is 10.5. The summed E-state index contributed by atoms with van der Waals surface area (Å²) in [5.41, 5.74) is 13.0. The normalized spacial score (nSPS) is 13.3. The first-order valence-corrected chi connectivity index (χ1v) is 17.3. The Kier molecular flexibility index (Phi) is 6.02. The molecule has 0 N–H and O–H groups in total. The smallest absolute Gasteiger partial charge is 0.0159 e. The van der Waals surface area contributed by atoms with Gasteiger partial charge in [0, 0.05) is 5.41 Å². The molecule has 230 valence electrons. The van der Waals surface area contributed by atoms with Crippen LogP contribution in [0.3, 0.4) is 0 Å². The summed E-state index contributed by atoms with van der Waals surface area (Å²) in [5.74, 6) is 0. The van der Waals surface area contributed by atoms with Crippen LogP contribution in [0, 0.1) is 0 Å². The molecular weight excluding hydrogens is 589 g/mol. The van der Waals surface area contributed by atoms with Crippen molar-refractivity contribution in [2.45, 2.75) is 19.3 Å². The number of hydrogen-bond acceptors (Lipinski definition) is 0. The van der Waals surface area contributed by atoms with Gasteiger partial charge in [-0.05, 0) is 123 Å². The van der Waals surface area contributed by atoms with Crippen LogP contribution in [0.4, 0.5) is 0 Å². The van der Waals surface area contributed by atoms with Gasteiger partial charge >= 0.3 is 0 Å². The lowest BCUT2D eigenvalue weighted by Gasteiger charge is -2.22. The first-order chi connectivity index (χ1) is 24.1. The molecule has 0 atom stereocenters. The molecule has 10 rings (SSSR count). The highest BCUT2D eigenvalue weighted by Crippen LogP contribution is 2.52. The predicted molar refractivity (Wildman–Crippen MR) is 210 cm³/mol. The molecule has 0 amide bonds. The fourth-order valence-electron chi connectivity index (χ4n) is 8.63. The van der Waals surface area contributed by atoms with Gasteiger partial charge in [-0.15, -0.1) is 0 Å². The van der Waals surface area contributed by atoms with E-state index in [-0.39, 0.29) is 5.41 Å². The van der Waals surface area contributed by atoms with Crippen LogP contribution in [0.5, 0.6) is 0 Å². The maximum absolute atomic E-state index is 2.47. The zero-order valence-electron chi connectivity index (χ0n) is 27.7. The third-order valence-corrected chi connectivity index (χ3v) is 11.0. The van der Waals surface area contributed by atoms with Gasteiger partial charge in [0.25, 0.3) is 0 Å². The topological polar surface area (TPSA) is 0 Å². The molecule has 0 heterocycles. The monoisotopic (exact) mass is 622 g/mol. The molecule has 0 saturated carbocycles. The summed E-state index contributed by atoms with van der Waals surface area (Å²) in [5, 5.41) is 10.2. The first-order valence-electron chi connectivity index (χ1n) is 17.3. The molecule has 0 unspecified atom stereocenters. The van der Waals surface area contributed by atoms with E-state index in [4.69, 9.17) is 0 Å². The van der Waals surface area contributed by atoms with E-state index in [1.165, 1.54) is 98.7 Å². The lowest BCUT2D eigenvalue weighted by Crippen LogP contribution is -2.14. The van der Waals surface area contributed by atoms with Crippen molar-refractivity contribution in [3.05, 3.63) is 181 Å². The minimum atomic E-state index is -0.0618. The number of hydrogen-bond donors (Lipinski definition) is 0. The second-order valence-corrected chi connectivity index (χ2v) is 14.1. The van der Waals surface area contributed by atoms with E-state index < -0.39 is 0 Å². The van der Waals surface area contributed by atoms with E-state index in [9.17, 15) is 0 Å². The van der Waals surface area contributed by atoms with Gasteiger partial charge in [-0.2, -0.15) is 0 Å². The summed E-state index contributed by atoms with van der Waals surface area (Å²) in [7, 11) is 0. The minimum absolute atomic E-state index is 0.0618. The molecule has 0 spiro atoms. The Morgan fingerprint density at radius 3 is 1.47 bits per heavy atom. The Labute approximate surface area is 286 Å². The Hall–Kier alpha value is -5.98. The predicted octanol–water partition coefficient (Wildman–Crippen LogP) is 13.6. The molecular formula is C49H34. The number of rotatable bonds is 3. The molecule has 49 heavy (non-hydrogen) atoms. The van der Waals surface area contributed by atoms with E-state index in [1.807, 2.05) is 0 Å². The summed E-state index contributed by atoms with van der Waals surface area (Å²) in [4.78, 5) is 0. The van der Waals surface area contributed by atoms with Gasteiger partial charge in [-0.1, -0.05) is 159 Å². The molecule has 0 aliphatic heterocycles. The maximum atomic E-state index is 2.47. The molecule has 0 nitrogen and oxygen atoms in total. The highest BCUT2D eigenvalue weighted by Gasteiger charge is 2.36. The van der Waals surface area contributed by atoms with Crippen molar-refractivity contribution in [2.75, 3.05) is 0 Å². The van der Waals surface area contributed by atoms with E-state index in [0.29, 0.717) is 0 Å². The maximum Gasteiger partial charge on any atom is 0.0159 e. The molecule has 9 aromatic carbocycles. The average Bonchev–Trinajstić information content (AvgIpc) is 3.37. The van der Waals surface area contributed by atoms with Crippen LogP contribution in [-0.4, -0.2) is 0 Å². The highest BCUT2D eigenvalue weighted by atomic mass is 14.4. The van der Waals surface area contributed by atoms with Crippen molar-refractivity contribution < 1.29 is 0 Å². The minimum Gasteiger partial charge on any atom is -0.0616 e. The molecule has 1 aliphatic rings. The van der Waals surface area contributed by atoms with Crippen molar-refractivity contribution in [1.29, 1.82) is 0 Å². The van der Waals surface area contributed by atoms with Crippen molar-refractivity contribution in [2.24, 2.45) is 0 Å². The second-order valence-electron chi connectivity index (χ2n) is 14.1. The summed E-state index contributed by atoms with van der Waals surface area (Å²) >= 11 is 0. The first kappa shape index (κ1) is 28.1. The van der Waals surface area contributed by atoms with Crippen molar-refractivity contribution in [3.63, 3.8) is 0 Å². The molecule has 0 fully saturated rings. The van der Waals surface area contributed by atoms with Gasteiger partial charge in [0.05, 0.1) is 0 Å². The molecule has 0 saturated heterocycles. The molecule has 0 radical (unpaired) electrons. The fraction of sp³-hybridized carbons (Fsp3) is 0.0612. The summed E-state index contributed by atoms with van der Waals surface area (Å²) in [6.45, 7) is 4.75. The van der Waals surface area contributed by atoms with E-state index >= 15 is 0 Å². The molecule has 1 aliphatic carbocycles. The average molecular weight is 623 g/mol. The van der Waals surface area contributed by atoms with E-state index in [1.54, 1.807) is 0 Å². The Bertz CT molecular complexity index is 2740. The van der Waals surface area contributed by atoms with E-state index in [0.717, 1.165) is 0 Å². The van der Waals surface area contributed by atoms with Gasteiger partial charge in [-0.3, -0.25) is 0 Å². The van der Waals surface area contributed by atoms with Gasteiger partial charge in [-0.25, -0.2) is 0 Å². The van der Waals surface area contributed by atoms with Crippen molar-refractivity contribution in [3.8, 4) is 44.5 Å². The molecule has 0 heteroatoms. The third-order valence-electron chi connectivity index (χ3n) is 11.0. The van der Waals surface area contributed by atoms with Crippen LogP contribution in [0.1, 0.15) is 25.0 Å². The lowest BCUT2D eigenvalue weighted by atomic mass is 9.81. The lowest BCUT2D eigenvalue weighted by molar-refractivity contribution is 0.661. The third kappa shape index (κ3) is 4.17. The summed E-state index contributed by atoms with van der Waals surface area (Å²) in [6, 6.07) is 63.2. The largest absolute Gasteiger partial charge is 0.0616 e. The van der Waals surface area contributed by atoms with Crippen LogP contribution >= 0.6 is 0 Å². The quantitative estimate of drug-likeness (QED) is 0.172. The Balaban J connectivity index is 1.24. The van der Waals surface area contributed by atoms with Crippen molar-refractivity contribution >= 4 is 43.1 Å². The van der Waals surface area contributed by atoms with Gasteiger partial charge in [0.2, 0.25) is 0 Å². The van der Waals surface area contributed by atoms with Gasteiger partial charge < -0.3 is 0 Å². The highest BCUT2D eigenvalue weighted by molar-refractivity contribution is 6.22. The number of fused-ring (bicyclic) bond motifs is 7. The summed E-state index contributed by atoms with van der Waals surface area (Å²) < 4.78 is 0. The Morgan fingerprint density at radius 1 is 0.306 bits per heavy atom. The summed E-state index contributed by atoms with van der Waals surface area (Å²) in [6.07, 6.45) is 0. The standard InChI is InChI=1S/C49H34/c1-49(2)45-26-25-36(29-43(45)44-28-33-15-5-6-16-34(33)30-46(44)49)47-39-19-9-11-21-41(39)48(42-22-12-10-20-40(42)47)38-18-8-7-17-37(38)35-24-23-31-13-3-4-14-32(31)27-35/h3-30H,1-2H3. The van der Waals surface area contributed by atoms with Crippen LogP contribution in [-0.2, 0) is 5.41 Å². The molecule has 9 aromatic rings. The zero-order valence-corrected chi connectivity index (χ0v) is 27.7. The number of benzene rings is 9. The fourth-order valence-corrected chi connectivity index (χ4v) is 8.63. The zero-order chi connectivity index (χ0) is 32.7. The van der Waals surface area contributed by atoms with Gasteiger partial charge in [0.15, 0.2) is 0 Å².